The number of rotatable bonds is 6. The lowest BCUT2D eigenvalue weighted by Gasteiger charge is -2.36. The summed E-state index contributed by atoms with van der Waals surface area (Å²) in [5.41, 5.74) is 2.53. The molecular weight excluding hydrogens is 368 g/mol. The largest absolute Gasteiger partial charge is 0.383 e. The van der Waals surface area contributed by atoms with E-state index >= 15 is 0 Å². The second kappa shape index (κ2) is 8.42. The van der Waals surface area contributed by atoms with Crippen molar-refractivity contribution < 1.29 is 4.74 Å². The van der Waals surface area contributed by atoms with E-state index in [1.807, 2.05) is 31.2 Å². The van der Waals surface area contributed by atoms with Crippen LogP contribution in [0.1, 0.15) is 42.8 Å². The van der Waals surface area contributed by atoms with Gasteiger partial charge in [-0.2, -0.15) is 0 Å². The smallest absolute Gasteiger partial charge is 0.253 e. The molecule has 1 N–H and O–H groups in total. The molecule has 1 saturated heterocycles. The van der Waals surface area contributed by atoms with Crippen LogP contribution in [0.15, 0.2) is 29.1 Å². The molecule has 2 aromatic heterocycles. The third-order valence-corrected chi connectivity index (χ3v) is 5.78. The van der Waals surface area contributed by atoms with Crippen LogP contribution in [0.5, 0.6) is 0 Å². The molecule has 1 aliphatic heterocycles. The Morgan fingerprint density at radius 2 is 2.24 bits per heavy atom. The normalized spacial score (nSPS) is 18.9. The van der Waals surface area contributed by atoms with Crippen molar-refractivity contribution in [3.63, 3.8) is 0 Å². The summed E-state index contributed by atoms with van der Waals surface area (Å²) >= 11 is 0. The fourth-order valence-corrected chi connectivity index (χ4v) is 4.31. The average Bonchev–Trinajstić information content (AvgIpc) is 3.16. The van der Waals surface area contributed by atoms with E-state index in [4.69, 9.17) is 4.74 Å². The van der Waals surface area contributed by atoms with Gasteiger partial charge in [0.25, 0.3) is 5.56 Å². The zero-order valence-electron chi connectivity index (χ0n) is 17.3. The summed E-state index contributed by atoms with van der Waals surface area (Å²) in [6.45, 7) is 7.14. The first-order valence-electron chi connectivity index (χ1n) is 10.2. The summed E-state index contributed by atoms with van der Waals surface area (Å²) in [7, 11) is 1.66. The highest BCUT2D eigenvalue weighted by atomic mass is 16.5. The summed E-state index contributed by atoms with van der Waals surface area (Å²) in [6.07, 6.45) is 2.30. The fraction of sp³-hybridized carbons (Fsp3) is 0.524. The highest BCUT2D eigenvalue weighted by Crippen LogP contribution is 2.31. The maximum absolute atomic E-state index is 13.2. The maximum Gasteiger partial charge on any atom is 0.253 e. The number of tetrazole rings is 1. The number of nitrogens with zero attached hydrogens (tertiary/aromatic N) is 5. The Bertz CT molecular complexity index is 1040. The number of ether oxygens (including phenoxy) is 1. The molecule has 8 heteroatoms. The van der Waals surface area contributed by atoms with Gasteiger partial charge in [0.2, 0.25) is 0 Å². The average molecular weight is 396 g/mol. The van der Waals surface area contributed by atoms with Crippen LogP contribution in [0.3, 0.4) is 0 Å². The van der Waals surface area contributed by atoms with Gasteiger partial charge in [0.1, 0.15) is 6.04 Å². The predicted octanol–water partition coefficient (Wildman–Crippen LogP) is 2.29. The minimum atomic E-state index is -0.293. The molecule has 29 heavy (non-hydrogen) atoms. The third-order valence-electron chi connectivity index (χ3n) is 5.78. The maximum atomic E-state index is 13.2. The van der Waals surface area contributed by atoms with E-state index in [1.165, 1.54) is 6.42 Å². The van der Waals surface area contributed by atoms with Gasteiger partial charge in [-0.25, -0.2) is 4.68 Å². The number of benzene rings is 1. The van der Waals surface area contributed by atoms with Crippen molar-refractivity contribution in [2.24, 2.45) is 5.92 Å². The molecule has 0 spiro atoms. The summed E-state index contributed by atoms with van der Waals surface area (Å²) < 4.78 is 6.97. The number of pyridine rings is 1. The van der Waals surface area contributed by atoms with E-state index in [0.29, 0.717) is 30.5 Å². The molecule has 2 atom stereocenters. The first kappa shape index (κ1) is 19.7. The number of H-pyrrole nitrogens is 1. The number of hydrogen-bond acceptors (Lipinski definition) is 6. The second-order valence-corrected chi connectivity index (χ2v) is 7.99. The van der Waals surface area contributed by atoms with Crippen LogP contribution in [0.25, 0.3) is 10.9 Å². The Kier molecular flexibility index (Phi) is 5.73. The number of aryl methyl sites for hydroxylation is 1. The molecule has 1 aromatic carbocycles. The number of hydrogen-bond donors (Lipinski definition) is 1. The molecule has 2 unspecified atom stereocenters. The molecule has 0 saturated carbocycles. The minimum Gasteiger partial charge on any atom is -0.383 e. The van der Waals surface area contributed by atoms with Crippen molar-refractivity contribution in [2.45, 2.75) is 39.3 Å². The van der Waals surface area contributed by atoms with E-state index in [-0.39, 0.29) is 11.6 Å². The van der Waals surface area contributed by atoms with Gasteiger partial charge < -0.3 is 9.72 Å². The SMILES string of the molecule is COCCn1nnnc1C(c1cc2cccc(C)c2[nH]c1=O)N1CCCC(C)C1. The van der Waals surface area contributed by atoms with E-state index in [1.54, 1.807) is 11.8 Å². The van der Waals surface area contributed by atoms with Crippen molar-refractivity contribution in [1.29, 1.82) is 0 Å². The number of para-hydroxylation sites is 1. The van der Waals surface area contributed by atoms with Gasteiger partial charge in [-0.3, -0.25) is 9.69 Å². The number of likely N-dealkylation sites (tertiary alicyclic amines) is 1. The van der Waals surface area contributed by atoms with Gasteiger partial charge in [0.05, 0.1) is 18.7 Å². The molecule has 0 aliphatic carbocycles. The highest BCUT2D eigenvalue weighted by Gasteiger charge is 2.32. The number of aromatic amines is 1. The Labute approximate surface area is 169 Å². The van der Waals surface area contributed by atoms with Gasteiger partial charge in [0, 0.05) is 19.2 Å². The quantitative estimate of drug-likeness (QED) is 0.688. The first-order chi connectivity index (χ1) is 14.1. The van der Waals surface area contributed by atoms with Crippen LogP contribution >= 0.6 is 0 Å². The van der Waals surface area contributed by atoms with E-state index in [9.17, 15) is 4.79 Å². The van der Waals surface area contributed by atoms with Crippen molar-refractivity contribution in [1.82, 2.24) is 30.1 Å². The molecule has 154 valence electrons. The number of piperidine rings is 1. The standard InChI is InChI=1S/C21H28N6O2/c1-14-6-5-9-26(13-14)19(20-23-24-25-27(20)10-11-29-3)17-12-16-8-4-7-15(2)18(16)22-21(17)28/h4,7-8,12,14,19H,5-6,9-11,13H2,1-3H3,(H,22,28). The van der Waals surface area contributed by atoms with Crippen molar-refractivity contribution >= 4 is 10.9 Å². The molecule has 0 bridgehead atoms. The minimum absolute atomic E-state index is 0.0867. The summed E-state index contributed by atoms with van der Waals surface area (Å²) in [5, 5.41) is 13.4. The van der Waals surface area contributed by atoms with Crippen molar-refractivity contribution in [2.75, 3.05) is 26.8 Å². The number of methoxy groups -OCH3 is 1. The van der Waals surface area contributed by atoms with Crippen molar-refractivity contribution in [3.05, 3.63) is 51.6 Å². The molecule has 4 rings (SSSR count). The third kappa shape index (κ3) is 3.95. The first-order valence-corrected chi connectivity index (χ1v) is 10.2. The second-order valence-electron chi connectivity index (χ2n) is 7.99. The molecule has 3 aromatic rings. The zero-order chi connectivity index (χ0) is 20.4. The molecule has 1 fully saturated rings. The van der Waals surface area contributed by atoms with E-state index < -0.39 is 0 Å². The number of nitrogens with one attached hydrogen (secondary N) is 1. The van der Waals surface area contributed by atoms with Crippen LogP contribution in [0.4, 0.5) is 0 Å². The monoisotopic (exact) mass is 396 g/mol. The van der Waals surface area contributed by atoms with Crippen LogP contribution in [-0.4, -0.2) is 56.9 Å². The molecule has 0 amide bonds. The van der Waals surface area contributed by atoms with Crippen LogP contribution in [0, 0.1) is 12.8 Å². The zero-order valence-corrected chi connectivity index (χ0v) is 17.3. The number of fused-ring (bicyclic) bond motifs is 1. The van der Waals surface area contributed by atoms with Gasteiger partial charge in [-0.05, 0) is 59.7 Å². The lowest BCUT2D eigenvalue weighted by molar-refractivity contribution is 0.137. The number of aromatic nitrogens is 5. The Balaban J connectivity index is 1.85. The van der Waals surface area contributed by atoms with Crippen LogP contribution < -0.4 is 5.56 Å². The molecule has 1 aliphatic rings. The van der Waals surface area contributed by atoms with Gasteiger partial charge >= 0.3 is 0 Å². The van der Waals surface area contributed by atoms with E-state index in [2.05, 4.69) is 32.3 Å². The molecule has 3 heterocycles. The van der Waals surface area contributed by atoms with Gasteiger partial charge in [-0.1, -0.05) is 25.1 Å². The van der Waals surface area contributed by atoms with Crippen LogP contribution in [0.2, 0.25) is 0 Å². The Morgan fingerprint density at radius 1 is 1.38 bits per heavy atom. The molecule has 8 nitrogen and oxygen atoms in total. The summed E-state index contributed by atoms with van der Waals surface area (Å²) in [4.78, 5) is 18.6. The van der Waals surface area contributed by atoms with Gasteiger partial charge in [-0.15, -0.1) is 5.10 Å². The Hall–Kier alpha value is -2.58. The fourth-order valence-electron chi connectivity index (χ4n) is 4.31. The Morgan fingerprint density at radius 3 is 3.03 bits per heavy atom. The summed E-state index contributed by atoms with van der Waals surface area (Å²) in [5.74, 6) is 1.25. The summed E-state index contributed by atoms with van der Waals surface area (Å²) in [6, 6.07) is 7.76. The van der Waals surface area contributed by atoms with Crippen LogP contribution in [-0.2, 0) is 11.3 Å². The lowest BCUT2D eigenvalue weighted by atomic mass is 9.95. The lowest BCUT2D eigenvalue weighted by Crippen LogP contribution is -2.41. The van der Waals surface area contributed by atoms with Crippen molar-refractivity contribution in [3.8, 4) is 0 Å². The molecular formula is C21H28N6O2. The predicted molar refractivity (Wildman–Crippen MR) is 111 cm³/mol. The van der Waals surface area contributed by atoms with Gasteiger partial charge in [0.15, 0.2) is 5.82 Å². The van der Waals surface area contributed by atoms with E-state index in [0.717, 1.165) is 36.0 Å². The topological polar surface area (TPSA) is 88.9 Å². The highest BCUT2D eigenvalue weighted by molar-refractivity contribution is 5.82. The molecule has 0 radical (unpaired) electrons.